The van der Waals surface area contributed by atoms with E-state index in [0.717, 1.165) is 17.0 Å². The fourth-order valence-corrected chi connectivity index (χ4v) is 1.93. The Morgan fingerprint density at radius 1 is 1.26 bits per heavy atom. The fourth-order valence-electron chi connectivity index (χ4n) is 1.93. The molecule has 3 rings (SSSR count). The molecule has 6 heteroatoms. The van der Waals surface area contributed by atoms with Gasteiger partial charge in [0.15, 0.2) is 11.3 Å². The predicted octanol–water partition coefficient (Wildman–Crippen LogP) is 1.80. The summed E-state index contributed by atoms with van der Waals surface area (Å²) in [7, 11) is 0. The lowest BCUT2D eigenvalue weighted by Crippen LogP contribution is -2.00. The van der Waals surface area contributed by atoms with Crippen LogP contribution in [0.2, 0.25) is 0 Å². The molecule has 0 unspecified atom stereocenters. The summed E-state index contributed by atoms with van der Waals surface area (Å²) in [5.74, 6) is -1.07. The molecule has 3 heterocycles. The van der Waals surface area contributed by atoms with Crippen LogP contribution in [0.4, 0.5) is 0 Å². The third kappa shape index (κ3) is 1.93. The highest BCUT2D eigenvalue weighted by Crippen LogP contribution is 2.20. The molecule has 0 aliphatic rings. The number of aryl methyl sites for hydroxylation is 1. The minimum atomic E-state index is -1.07. The quantitative estimate of drug-likeness (QED) is 0.754. The van der Waals surface area contributed by atoms with Crippen molar-refractivity contribution in [2.45, 2.75) is 6.92 Å². The van der Waals surface area contributed by atoms with Gasteiger partial charge in [0, 0.05) is 29.7 Å². The Balaban J connectivity index is 2.32. The van der Waals surface area contributed by atoms with Gasteiger partial charge in [0.05, 0.1) is 5.69 Å². The molecule has 0 saturated heterocycles. The highest BCUT2D eigenvalue weighted by atomic mass is 16.4. The fraction of sp³-hybridized carbons (Fsp3) is 0.0769. The zero-order valence-electron chi connectivity index (χ0n) is 10.1. The number of pyridine rings is 1. The standard InChI is InChI=1S/C13H10N4O2/c1-8-6-11(9-2-4-14-5-3-9)17-12(15-8)7-10(16-17)13(18)19/h2-7H,1H3,(H,18,19). The predicted molar refractivity (Wildman–Crippen MR) is 67.9 cm³/mol. The molecule has 0 saturated carbocycles. The van der Waals surface area contributed by atoms with Gasteiger partial charge in [-0.25, -0.2) is 14.3 Å². The van der Waals surface area contributed by atoms with Crippen LogP contribution in [-0.4, -0.2) is 30.7 Å². The first-order valence-corrected chi connectivity index (χ1v) is 5.66. The van der Waals surface area contributed by atoms with E-state index in [9.17, 15) is 4.79 Å². The Bertz CT molecular complexity index is 765. The summed E-state index contributed by atoms with van der Waals surface area (Å²) < 4.78 is 1.53. The Hall–Kier alpha value is -2.76. The maximum atomic E-state index is 11.0. The molecule has 0 bridgehead atoms. The van der Waals surface area contributed by atoms with Gasteiger partial charge in [-0.1, -0.05) is 0 Å². The molecule has 0 atom stereocenters. The zero-order valence-corrected chi connectivity index (χ0v) is 10.1. The average Bonchev–Trinajstić information content (AvgIpc) is 2.82. The molecule has 3 aromatic rings. The van der Waals surface area contributed by atoms with Crippen LogP contribution >= 0.6 is 0 Å². The molecule has 0 aliphatic heterocycles. The summed E-state index contributed by atoms with van der Waals surface area (Å²) in [4.78, 5) is 19.2. The molecule has 0 fully saturated rings. The number of hydrogen-bond acceptors (Lipinski definition) is 4. The number of hydrogen-bond donors (Lipinski definition) is 1. The summed E-state index contributed by atoms with van der Waals surface area (Å²) in [6.45, 7) is 1.86. The number of aromatic nitrogens is 4. The van der Waals surface area contributed by atoms with Crippen LogP contribution in [0.25, 0.3) is 16.9 Å². The molecule has 94 valence electrons. The molecule has 0 spiro atoms. The van der Waals surface area contributed by atoms with Crippen LogP contribution in [0, 0.1) is 6.92 Å². The highest BCUT2D eigenvalue weighted by Gasteiger charge is 2.13. The molecule has 0 amide bonds. The summed E-state index contributed by atoms with van der Waals surface area (Å²) >= 11 is 0. The largest absolute Gasteiger partial charge is 0.476 e. The van der Waals surface area contributed by atoms with E-state index in [2.05, 4.69) is 15.1 Å². The number of carbonyl (C=O) groups is 1. The number of fused-ring (bicyclic) bond motifs is 1. The van der Waals surface area contributed by atoms with Crippen LogP contribution in [0.3, 0.4) is 0 Å². The lowest BCUT2D eigenvalue weighted by atomic mass is 10.2. The second-order valence-electron chi connectivity index (χ2n) is 4.12. The van der Waals surface area contributed by atoms with Crippen molar-refractivity contribution in [3.63, 3.8) is 0 Å². The molecular formula is C13H10N4O2. The van der Waals surface area contributed by atoms with E-state index in [4.69, 9.17) is 5.11 Å². The molecule has 0 radical (unpaired) electrons. The topological polar surface area (TPSA) is 80.4 Å². The number of aromatic carboxylic acids is 1. The second-order valence-corrected chi connectivity index (χ2v) is 4.12. The Morgan fingerprint density at radius 3 is 2.68 bits per heavy atom. The number of carboxylic acid groups (broad SMARTS) is 1. The maximum Gasteiger partial charge on any atom is 0.356 e. The van der Waals surface area contributed by atoms with Gasteiger partial charge in [-0.05, 0) is 25.1 Å². The molecule has 6 nitrogen and oxygen atoms in total. The van der Waals surface area contributed by atoms with E-state index in [1.807, 2.05) is 25.1 Å². The van der Waals surface area contributed by atoms with Crippen molar-refractivity contribution in [1.82, 2.24) is 19.6 Å². The minimum Gasteiger partial charge on any atom is -0.476 e. The van der Waals surface area contributed by atoms with Gasteiger partial charge in [-0.3, -0.25) is 4.98 Å². The van der Waals surface area contributed by atoms with Crippen molar-refractivity contribution in [1.29, 1.82) is 0 Å². The zero-order chi connectivity index (χ0) is 13.4. The van der Waals surface area contributed by atoms with Gasteiger partial charge in [0.25, 0.3) is 0 Å². The van der Waals surface area contributed by atoms with Crippen LogP contribution in [-0.2, 0) is 0 Å². The number of nitrogens with zero attached hydrogens (tertiary/aromatic N) is 4. The first-order chi connectivity index (χ1) is 9.15. The van der Waals surface area contributed by atoms with E-state index in [1.165, 1.54) is 10.6 Å². The SMILES string of the molecule is Cc1cc(-c2ccncc2)n2nc(C(=O)O)cc2n1. The first kappa shape index (κ1) is 11.3. The normalized spacial score (nSPS) is 10.8. The summed E-state index contributed by atoms with van der Waals surface area (Å²) in [6.07, 6.45) is 3.36. The van der Waals surface area contributed by atoms with E-state index in [-0.39, 0.29) is 5.69 Å². The summed E-state index contributed by atoms with van der Waals surface area (Å²) in [5.41, 5.74) is 3.00. The monoisotopic (exact) mass is 254 g/mol. The molecular weight excluding hydrogens is 244 g/mol. The minimum absolute atomic E-state index is 0.0200. The third-order valence-electron chi connectivity index (χ3n) is 2.75. The molecule has 1 N–H and O–H groups in total. The molecule has 19 heavy (non-hydrogen) atoms. The number of carboxylic acids is 1. The smallest absolute Gasteiger partial charge is 0.356 e. The lowest BCUT2D eigenvalue weighted by Gasteiger charge is -2.05. The van der Waals surface area contributed by atoms with Crippen molar-refractivity contribution in [3.05, 3.63) is 48.0 Å². The van der Waals surface area contributed by atoms with Crippen molar-refractivity contribution >= 4 is 11.6 Å². The Kier molecular flexibility index (Phi) is 2.49. The van der Waals surface area contributed by atoms with Gasteiger partial charge in [0.1, 0.15) is 0 Å². The summed E-state index contributed by atoms with van der Waals surface area (Å²) in [6, 6.07) is 7.01. The molecule has 3 aromatic heterocycles. The van der Waals surface area contributed by atoms with Gasteiger partial charge in [0.2, 0.25) is 0 Å². The van der Waals surface area contributed by atoms with Crippen LogP contribution in [0.15, 0.2) is 36.7 Å². The van der Waals surface area contributed by atoms with Gasteiger partial charge in [-0.2, -0.15) is 5.10 Å². The van der Waals surface area contributed by atoms with Crippen LogP contribution in [0.5, 0.6) is 0 Å². The van der Waals surface area contributed by atoms with Crippen molar-refractivity contribution < 1.29 is 9.90 Å². The summed E-state index contributed by atoms with van der Waals surface area (Å²) in [5, 5.41) is 13.1. The Morgan fingerprint density at radius 2 is 2.00 bits per heavy atom. The Labute approximate surface area is 108 Å². The number of rotatable bonds is 2. The van der Waals surface area contributed by atoms with Crippen LogP contribution in [0.1, 0.15) is 16.2 Å². The van der Waals surface area contributed by atoms with E-state index in [0.29, 0.717) is 5.65 Å². The average molecular weight is 254 g/mol. The molecule has 0 aliphatic carbocycles. The van der Waals surface area contributed by atoms with E-state index in [1.54, 1.807) is 12.4 Å². The van der Waals surface area contributed by atoms with Crippen molar-refractivity contribution in [2.24, 2.45) is 0 Å². The second kappa shape index (κ2) is 4.16. The van der Waals surface area contributed by atoms with E-state index >= 15 is 0 Å². The molecule has 0 aromatic carbocycles. The van der Waals surface area contributed by atoms with Gasteiger partial charge in [-0.15, -0.1) is 0 Å². The third-order valence-corrected chi connectivity index (χ3v) is 2.75. The van der Waals surface area contributed by atoms with Gasteiger partial charge >= 0.3 is 5.97 Å². The highest BCUT2D eigenvalue weighted by molar-refractivity contribution is 5.87. The van der Waals surface area contributed by atoms with Gasteiger partial charge < -0.3 is 5.11 Å². The van der Waals surface area contributed by atoms with Crippen molar-refractivity contribution in [2.75, 3.05) is 0 Å². The lowest BCUT2D eigenvalue weighted by molar-refractivity contribution is 0.0690. The maximum absolute atomic E-state index is 11.0. The van der Waals surface area contributed by atoms with Crippen molar-refractivity contribution in [3.8, 4) is 11.3 Å². The first-order valence-electron chi connectivity index (χ1n) is 5.66. The van der Waals surface area contributed by atoms with Crippen LogP contribution < -0.4 is 0 Å². The van der Waals surface area contributed by atoms with E-state index < -0.39 is 5.97 Å².